The largest absolute Gasteiger partial charge is 0.330 e. The number of nitrogens with two attached hydrogens (primary N) is 1. The predicted molar refractivity (Wildman–Crippen MR) is 40.9 cm³/mol. The second kappa shape index (κ2) is 4.02. The lowest BCUT2D eigenvalue weighted by atomic mass is 10.4. The van der Waals surface area contributed by atoms with Crippen molar-refractivity contribution >= 4 is 0 Å². The second-order valence-electron chi connectivity index (χ2n) is 2.31. The first-order valence-electron chi connectivity index (χ1n) is 3.83. The van der Waals surface area contributed by atoms with Crippen LogP contribution in [0.4, 0.5) is 0 Å². The van der Waals surface area contributed by atoms with E-state index in [1.165, 1.54) is 0 Å². The first kappa shape index (κ1) is 8.13. The monoisotopic (exact) mass is 155 g/mol. The molecule has 0 bridgehead atoms. The van der Waals surface area contributed by atoms with E-state index in [4.69, 9.17) is 5.73 Å². The number of aryl methyl sites for hydroxylation is 2. The number of aromatic nitrogens is 4. The van der Waals surface area contributed by atoms with E-state index >= 15 is 0 Å². The van der Waals surface area contributed by atoms with E-state index in [9.17, 15) is 0 Å². The molecule has 11 heavy (non-hydrogen) atoms. The van der Waals surface area contributed by atoms with Crippen molar-refractivity contribution < 1.29 is 0 Å². The molecule has 0 unspecified atom stereocenters. The van der Waals surface area contributed by atoms with E-state index in [0.717, 1.165) is 25.2 Å². The highest BCUT2D eigenvalue weighted by atomic mass is 15.5. The van der Waals surface area contributed by atoms with Gasteiger partial charge in [-0.2, -0.15) is 0 Å². The average Bonchev–Trinajstić information content (AvgIpc) is 2.47. The Morgan fingerprint density at radius 2 is 2.36 bits per heavy atom. The fourth-order valence-corrected chi connectivity index (χ4v) is 0.891. The van der Waals surface area contributed by atoms with Crippen LogP contribution in [0, 0.1) is 0 Å². The molecule has 5 heteroatoms. The van der Waals surface area contributed by atoms with Gasteiger partial charge in [0.25, 0.3) is 0 Å². The van der Waals surface area contributed by atoms with Gasteiger partial charge in [0.05, 0.1) is 0 Å². The summed E-state index contributed by atoms with van der Waals surface area (Å²) in [5.74, 6) is 0.929. The Morgan fingerprint density at radius 3 is 3.00 bits per heavy atom. The van der Waals surface area contributed by atoms with E-state index in [2.05, 4.69) is 15.5 Å². The molecule has 0 atom stereocenters. The molecule has 0 amide bonds. The summed E-state index contributed by atoms with van der Waals surface area (Å²) in [5.41, 5.74) is 5.35. The van der Waals surface area contributed by atoms with Crippen LogP contribution in [0.25, 0.3) is 0 Å². The number of nitrogens with zero attached hydrogens (tertiary/aromatic N) is 4. The third kappa shape index (κ3) is 1.98. The molecule has 1 heterocycles. The lowest BCUT2D eigenvalue weighted by Crippen LogP contribution is -2.09. The molecule has 0 aliphatic carbocycles. The molecule has 0 aromatic carbocycles. The molecule has 0 aliphatic heterocycles. The normalized spacial score (nSPS) is 10.4. The van der Waals surface area contributed by atoms with Gasteiger partial charge >= 0.3 is 0 Å². The van der Waals surface area contributed by atoms with Crippen LogP contribution < -0.4 is 5.73 Å². The zero-order valence-corrected chi connectivity index (χ0v) is 6.69. The van der Waals surface area contributed by atoms with E-state index in [1.54, 1.807) is 4.68 Å². The Kier molecular flexibility index (Phi) is 2.97. The fourth-order valence-electron chi connectivity index (χ4n) is 0.891. The topological polar surface area (TPSA) is 69.6 Å². The van der Waals surface area contributed by atoms with Crippen molar-refractivity contribution in [3.8, 4) is 0 Å². The molecule has 0 aliphatic rings. The zero-order valence-electron chi connectivity index (χ0n) is 6.69. The minimum Gasteiger partial charge on any atom is -0.330 e. The number of tetrazole rings is 1. The number of rotatable bonds is 4. The predicted octanol–water partition coefficient (Wildman–Crippen LogP) is -0.416. The quantitative estimate of drug-likeness (QED) is 0.641. The van der Waals surface area contributed by atoms with Crippen molar-refractivity contribution in [1.82, 2.24) is 20.2 Å². The van der Waals surface area contributed by atoms with E-state index in [1.807, 2.05) is 6.92 Å². The van der Waals surface area contributed by atoms with Gasteiger partial charge in [0.15, 0.2) is 5.82 Å². The Bertz CT molecular complexity index is 206. The molecule has 1 rings (SSSR count). The second-order valence-corrected chi connectivity index (χ2v) is 2.31. The Balaban J connectivity index is 2.54. The highest BCUT2D eigenvalue weighted by molar-refractivity contribution is 4.78. The molecular weight excluding hydrogens is 142 g/mol. The van der Waals surface area contributed by atoms with Gasteiger partial charge in [-0.15, -0.1) is 5.10 Å². The van der Waals surface area contributed by atoms with Gasteiger partial charge in [-0.3, -0.25) is 0 Å². The van der Waals surface area contributed by atoms with Crippen molar-refractivity contribution in [3.63, 3.8) is 0 Å². The summed E-state index contributed by atoms with van der Waals surface area (Å²) < 4.78 is 1.80. The summed E-state index contributed by atoms with van der Waals surface area (Å²) in [5, 5.41) is 11.2. The van der Waals surface area contributed by atoms with E-state index < -0.39 is 0 Å². The fraction of sp³-hybridized carbons (Fsp3) is 0.833. The third-order valence-corrected chi connectivity index (χ3v) is 1.50. The number of hydrogen-bond acceptors (Lipinski definition) is 4. The van der Waals surface area contributed by atoms with Crippen LogP contribution in [-0.2, 0) is 13.0 Å². The minimum absolute atomic E-state index is 0.684. The minimum atomic E-state index is 0.684. The molecule has 0 fully saturated rings. The summed E-state index contributed by atoms with van der Waals surface area (Å²) in [6.07, 6.45) is 1.80. The molecule has 0 saturated heterocycles. The molecule has 62 valence electrons. The van der Waals surface area contributed by atoms with Crippen molar-refractivity contribution in [1.29, 1.82) is 0 Å². The molecule has 1 aromatic heterocycles. The third-order valence-electron chi connectivity index (χ3n) is 1.50. The first-order chi connectivity index (χ1) is 5.38. The Labute approximate surface area is 65.6 Å². The average molecular weight is 155 g/mol. The first-order valence-corrected chi connectivity index (χ1v) is 3.83. The highest BCUT2D eigenvalue weighted by Crippen LogP contribution is 1.93. The van der Waals surface area contributed by atoms with Crippen molar-refractivity contribution in [3.05, 3.63) is 5.82 Å². The summed E-state index contributed by atoms with van der Waals surface area (Å²) in [6, 6.07) is 0. The van der Waals surface area contributed by atoms with Crippen LogP contribution in [0.2, 0.25) is 0 Å². The van der Waals surface area contributed by atoms with Crippen LogP contribution in [-0.4, -0.2) is 26.8 Å². The molecule has 1 aromatic rings. The van der Waals surface area contributed by atoms with Gasteiger partial charge in [-0.25, -0.2) is 4.68 Å². The van der Waals surface area contributed by atoms with Gasteiger partial charge in [0, 0.05) is 13.0 Å². The van der Waals surface area contributed by atoms with Crippen molar-refractivity contribution in [2.45, 2.75) is 26.3 Å². The van der Waals surface area contributed by atoms with Crippen LogP contribution in [0.3, 0.4) is 0 Å². The summed E-state index contributed by atoms with van der Waals surface area (Å²) in [6.45, 7) is 3.54. The maximum absolute atomic E-state index is 5.35. The maximum Gasteiger partial charge on any atom is 0.150 e. The SMILES string of the molecule is CCc1nnnn1CCCN. The molecule has 0 saturated carbocycles. The van der Waals surface area contributed by atoms with Gasteiger partial charge in [-0.05, 0) is 23.4 Å². The summed E-state index contributed by atoms with van der Waals surface area (Å²) in [4.78, 5) is 0. The van der Waals surface area contributed by atoms with Crippen LogP contribution in [0.1, 0.15) is 19.2 Å². The standard InChI is InChI=1S/C6H13N5/c1-2-6-8-9-10-11(6)5-3-4-7/h2-5,7H2,1H3. The Hall–Kier alpha value is -0.970. The molecule has 5 nitrogen and oxygen atoms in total. The molecular formula is C6H13N5. The smallest absolute Gasteiger partial charge is 0.150 e. The van der Waals surface area contributed by atoms with Crippen molar-refractivity contribution in [2.24, 2.45) is 5.73 Å². The summed E-state index contributed by atoms with van der Waals surface area (Å²) in [7, 11) is 0. The zero-order chi connectivity index (χ0) is 8.10. The van der Waals surface area contributed by atoms with Gasteiger partial charge in [0.1, 0.15) is 0 Å². The number of hydrogen-bond donors (Lipinski definition) is 1. The van der Waals surface area contributed by atoms with E-state index in [-0.39, 0.29) is 0 Å². The lowest BCUT2D eigenvalue weighted by Gasteiger charge is -1.99. The van der Waals surface area contributed by atoms with Crippen LogP contribution in [0.15, 0.2) is 0 Å². The van der Waals surface area contributed by atoms with E-state index in [0.29, 0.717) is 6.54 Å². The van der Waals surface area contributed by atoms with Gasteiger partial charge < -0.3 is 5.73 Å². The summed E-state index contributed by atoms with van der Waals surface area (Å²) >= 11 is 0. The van der Waals surface area contributed by atoms with Gasteiger partial charge in [0.2, 0.25) is 0 Å². The molecule has 2 N–H and O–H groups in total. The highest BCUT2D eigenvalue weighted by Gasteiger charge is 2.00. The van der Waals surface area contributed by atoms with Crippen LogP contribution in [0.5, 0.6) is 0 Å². The lowest BCUT2D eigenvalue weighted by molar-refractivity contribution is 0.545. The maximum atomic E-state index is 5.35. The van der Waals surface area contributed by atoms with Crippen LogP contribution >= 0.6 is 0 Å². The Morgan fingerprint density at radius 1 is 1.55 bits per heavy atom. The van der Waals surface area contributed by atoms with Gasteiger partial charge in [-0.1, -0.05) is 6.92 Å². The molecule has 0 spiro atoms. The van der Waals surface area contributed by atoms with Crippen molar-refractivity contribution in [2.75, 3.05) is 6.54 Å². The molecule has 0 radical (unpaired) electrons.